The summed E-state index contributed by atoms with van der Waals surface area (Å²) in [6.07, 6.45) is 0. The molecule has 0 aliphatic heterocycles. The molecule has 0 saturated heterocycles. The summed E-state index contributed by atoms with van der Waals surface area (Å²) in [6, 6.07) is 71.2. The quantitative estimate of drug-likeness (QED) is 0.157. The first-order valence-corrected chi connectivity index (χ1v) is 20.4. The third kappa shape index (κ3) is 6.79. The number of rotatable bonds is 7. The summed E-state index contributed by atoms with van der Waals surface area (Å²) in [7, 11) is 0. The standard InChI is InChI=1S/C56H50N2/c1-55(2,3)42-33-34-48-52(37-42)57(44-26-14-9-15-27-44)53-38-43(56(4,5)6)36-49(54(48)53)41-25-20-28-45(35-41)58(50-31-18-16-29-46(50)39-21-10-7-11-22-39)51-32-19-17-30-47(51)40-23-12-8-13-24-40/h7-38H,1-6H3. The smallest absolute Gasteiger partial charge is 0.0550 e. The minimum absolute atomic E-state index is 0.00936. The van der Waals surface area contributed by atoms with Crippen LogP contribution in [0.2, 0.25) is 0 Å². The number of hydrogen-bond donors (Lipinski definition) is 0. The second-order valence-electron chi connectivity index (χ2n) is 17.5. The molecule has 2 heteroatoms. The van der Waals surface area contributed by atoms with Gasteiger partial charge in [0.1, 0.15) is 0 Å². The van der Waals surface area contributed by atoms with E-state index >= 15 is 0 Å². The van der Waals surface area contributed by atoms with E-state index < -0.39 is 0 Å². The third-order valence-corrected chi connectivity index (χ3v) is 11.5. The lowest BCUT2D eigenvalue weighted by Gasteiger charge is -2.30. The molecule has 284 valence electrons. The lowest BCUT2D eigenvalue weighted by molar-refractivity contribution is 0.591. The number of nitrogens with zero attached hydrogens (tertiary/aromatic N) is 2. The predicted molar refractivity (Wildman–Crippen MR) is 249 cm³/mol. The third-order valence-electron chi connectivity index (χ3n) is 11.5. The maximum absolute atomic E-state index is 2.49. The molecule has 58 heavy (non-hydrogen) atoms. The molecule has 0 radical (unpaired) electrons. The predicted octanol–water partition coefficient (Wildman–Crippen LogP) is 15.8. The molecule has 0 amide bonds. The molecule has 0 aliphatic rings. The van der Waals surface area contributed by atoms with E-state index in [0.717, 1.165) is 17.1 Å². The van der Waals surface area contributed by atoms with E-state index in [9.17, 15) is 0 Å². The van der Waals surface area contributed by atoms with Crippen molar-refractivity contribution in [2.24, 2.45) is 0 Å². The Labute approximate surface area is 343 Å². The summed E-state index contributed by atoms with van der Waals surface area (Å²) in [4.78, 5) is 2.46. The number of fused-ring (bicyclic) bond motifs is 3. The van der Waals surface area contributed by atoms with Crippen molar-refractivity contribution in [1.29, 1.82) is 0 Å². The minimum atomic E-state index is -0.0790. The molecule has 0 fully saturated rings. The summed E-state index contributed by atoms with van der Waals surface area (Å²) in [5, 5.41) is 2.53. The van der Waals surface area contributed by atoms with Crippen LogP contribution < -0.4 is 4.90 Å². The molecule has 2 nitrogen and oxygen atoms in total. The first-order chi connectivity index (χ1) is 28.1. The molecule has 9 rings (SSSR count). The van der Waals surface area contributed by atoms with E-state index in [1.165, 1.54) is 72.0 Å². The summed E-state index contributed by atoms with van der Waals surface area (Å²) in [5.41, 5.74) is 16.6. The highest BCUT2D eigenvalue weighted by Gasteiger charge is 2.25. The average Bonchev–Trinajstić information content (AvgIpc) is 3.58. The van der Waals surface area contributed by atoms with E-state index in [-0.39, 0.29) is 10.8 Å². The van der Waals surface area contributed by atoms with Crippen LogP contribution in [0.25, 0.3) is 60.9 Å². The molecule has 1 heterocycles. The Kier molecular flexibility index (Phi) is 9.37. The molecule has 0 unspecified atom stereocenters. The second kappa shape index (κ2) is 14.7. The van der Waals surface area contributed by atoms with E-state index in [0.29, 0.717) is 0 Å². The van der Waals surface area contributed by atoms with Gasteiger partial charge < -0.3 is 9.47 Å². The summed E-state index contributed by atoms with van der Waals surface area (Å²) >= 11 is 0. The molecular weight excluding hydrogens is 701 g/mol. The van der Waals surface area contributed by atoms with Gasteiger partial charge in [0.25, 0.3) is 0 Å². The number of benzene rings is 8. The lowest BCUT2D eigenvalue weighted by Crippen LogP contribution is -2.13. The van der Waals surface area contributed by atoms with Gasteiger partial charge in [-0.3, -0.25) is 0 Å². The highest BCUT2D eigenvalue weighted by molar-refractivity contribution is 6.16. The van der Waals surface area contributed by atoms with E-state index in [4.69, 9.17) is 0 Å². The number of anilines is 3. The van der Waals surface area contributed by atoms with E-state index in [1.54, 1.807) is 0 Å². The van der Waals surface area contributed by atoms with Crippen molar-refractivity contribution < 1.29 is 0 Å². The molecule has 0 atom stereocenters. The minimum Gasteiger partial charge on any atom is -0.309 e. The summed E-state index contributed by atoms with van der Waals surface area (Å²) in [6.45, 7) is 13.9. The maximum atomic E-state index is 2.49. The Morgan fingerprint density at radius 3 is 1.45 bits per heavy atom. The Hall–Kier alpha value is -6.64. The van der Waals surface area contributed by atoms with Gasteiger partial charge in [0.2, 0.25) is 0 Å². The molecule has 0 aliphatic carbocycles. The fourth-order valence-electron chi connectivity index (χ4n) is 8.41. The first kappa shape index (κ1) is 37.0. The molecule has 0 bridgehead atoms. The van der Waals surface area contributed by atoms with Crippen LogP contribution in [0, 0.1) is 0 Å². The largest absolute Gasteiger partial charge is 0.309 e. The van der Waals surface area contributed by atoms with Crippen molar-refractivity contribution in [2.45, 2.75) is 52.4 Å². The molecule has 0 N–H and O–H groups in total. The van der Waals surface area contributed by atoms with Gasteiger partial charge >= 0.3 is 0 Å². The topological polar surface area (TPSA) is 8.17 Å². The molecule has 9 aromatic rings. The Balaban J connectivity index is 1.35. The van der Waals surface area contributed by atoms with Gasteiger partial charge in [0.15, 0.2) is 0 Å². The fraction of sp³-hybridized carbons (Fsp3) is 0.143. The molecule has 0 spiro atoms. The van der Waals surface area contributed by atoms with Gasteiger partial charge in [-0.15, -0.1) is 0 Å². The summed E-state index contributed by atoms with van der Waals surface area (Å²) in [5.74, 6) is 0. The van der Waals surface area contributed by atoms with Crippen LogP contribution in [0.1, 0.15) is 52.7 Å². The Bertz CT molecular complexity index is 2800. The molecule has 8 aromatic carbocycles. The first-order valence-electron chi connectivity index (χ1n) is 20.4. The Morgan fingerprint density at radius 2 is 0.879 bits per heavy atom. The van der Waals surface area contributed by atoms with Crippen molar-refractivity contribution in [3.05, 3.63) is 205 Å². The summed E-state index contributed by atoms with van der Waals surface area (Å²) < 4.78 is 2.49. The second-order valence-corrected chi connectivity index (χ2v) is 17.5. The van der Waals surface area contributed by atoms with Crippen LogP contribution in [-0.2, 0) is 10.8 Å². The van der Waals surface area contributed by atoms with Gasteiger partial charge in [-0.2, -0.15) is 0 Å². The fourth-order valence-corrected chi connectivity index (χ4v) is 8.41. The van der Waals surface area contributed by atoms with Crippen molar-refractivity contribution in [2.75, 3.05) is 4.90 Å². The van der Waals surface area contributed by atoms with Crippen LogP contribution in [-0.4, -0.2) is 4.57 Å². The highest BCUT2D eigenvalue weighted by Crippen LogP contribution is 2.47. The Morgan fingerprint density at radius 1 is 0.379 bits per heavy atom. The van der Waals surface area contributed by atoms with Crippen molar-refractivity contribution in [3.63, 3.8) is 0 Å². The van der Waals surface area contributed by atoms with Gasteiger partial charge in [-0.1, -0.05) is 181 Å². The van der Waals surface area contributed by atoms with Gasteiger partial charge in [0.05, 0.1) is 22.4 Å². The van der Waals surface area contributed by atoms with Crippen molar-refractivity contribution >= 4 is 38.9 Å². The average molecular weight is 751 g/mol. The zero-order chi connectivity index (χ0) is 40.0. The van der Waals surface area contributed by atoms with Crippen LogP contribution in [0.3, 0.4) is 0 Å². The number of hydrogen-bond acceptors (Lipinski definition) is 1. The van der Waals surface area contributed by atoms with Gasteiger partial charge in [-0.05, 0) is 98.8 Å². The zero-order valence-electron chi connectivity index (χ0n) is 34.4. The van der Waals surface area contributed by atoms with Crippen molar-refractivity contribution in [1.82, 2.24) is 4.57 Å². The maximum Gasteiger partial charge on any atom is 0.0550 e. The SMILES string of the molecule is CC(C)(C)c1ccc2c3c(-c4cccc(N(c5ccccc5-c5ccccc5)c5ccccc5-c5ccccc5)c4)cc(C(C)(C)C)cc3n(-c3ccccc3)c2c1. The lowest BCUT2D eigenvalue weighted by atomic mass is 9.83. The molecule has 1 aromatic heterocycles. The van der Waals surface area contributed by atoms with Crippen LogP contribution >= 0.6 is 0 Å². The molecular formula is C56H50N2. The number of para-hydroxylation sites is 3. The number of aromatic nitrogens is 1. The van der Waals surface area contributed by atoms with Gasteiger partial charge in [-0.25, -0.2) is 0 Å². The zero-order valence-corrected chi connectivity index (χ0v) is 34.4. The van der Waals surface area contributed by atoms with Crippen LogP contribution in [0.5, 0.6) is 0 Å². The van der Waals surface area contributed by atoms with Crippen LogP contribution in [0.4, 0.5) is 17.1 Å². The van der Waals surface area contributed by atoms with Crippen molar-refractivity contribution in [3.8, 4) is 39.1 Å². The van der Waals surface area contributed by atoms with Gasteiger partial charge in [0, 0.05) is 33.3 Å². The van der Waals surface area contributed by atoms with Crippen LogP contribution in [0.15, 0.2) is 194 Å². The monoisotopic (exact) mass is 750 g/mol. The van der Waals surface area contributed by atoms with E-state index in [1.807, 2.05) is 0 Å². The normalized spacial score (nSPS) is 12.0. The molecule has 0 saturated carbocycles. The van der Waals surface area contributed by atoms with E-state index in [2.05, 4.69) is 245 Å². The highest BCUT2D eigenvalue weighted by atomic mass is 15.1.